The maximum Gasteiger partial charge on any atom is 0.0897 e. The number of nitrogens with zero attached hydrogens (tertiary/aromatic N) is 3. The zero-order valence-corrected chi connectivity index (χ0v) is 16.2. The lowest BCUT2D eigenvalue weighted by atomic mass is 9.99. The Bertz CT molecular complexity index is 835. The van der Waals surface area contributed by atoms with Gasteiger partial charge >= 0.3 is 0 Å². The third kappa shape index (κ3) is 3.11. The molecule has 142 valence electrons. The third-order valence-corrected chi connectivity index (χ3v) is 6.60. The fourth-order valence-corrected chi connectivity index (χ4v) is 5.15. The monoisotopic (exact) mass is 363 g/mol. The van der Waals surface area contributed by atoms with Gasteiger partial charge in [0.05, 0.1) is 13.3 Å². The van der Waals surface area contributed by atoms with E-state index in [9.17, 15) is 0 Å². The molecular weight excluding hydrogens is 334 g/mol. The maximum absolute atomic E-state index is 5.21. The summed E-state index contributed by atoms with van der Waals surface area (Å²) in [5.41, 5.74) is 3.08. The van der Waals surface area contributed by atoms with Gasteiger partial charge in [-0.2, -0.15) is 0 Å². The summed E-state index contributed by atoms with van der Waals surface area (Å²) >= 11 is 0. The smallest absolute Gasteiger partial charge is 0.0897 e. The highest BCUT2D eigenvalue weighted by molar-refractivity contribution is 5.91. The Morgan fingerprint density at radius 3 is 2.67 bits per heavy atom. The van der Waals surface area contributed by atoms with Crippen molar-refractivity contribution in [2.75, 3.05) is 40.0 Å². The van der Waals surface area contributed by atoms with Gasteiger partial charge in [0.1, 0.15) is 0 Å². The number of ether oxygens (including phenoxy) is 1. The normalized spacial score (nSPS) is 23.1. The standard InChI is InChI=1S/C23H29N3O/c1-27-15-14-24-12-13-26(17-24)20-8-10-25(11-9-20)22-16-19-6-2-4-18-5-3-7-21(22)23(18)19/h2-7,12-13,20,22H,8-11,14-17H2,1H3/t22-/m1/s1. The minimum absolute atomic E-state index is 0.569. The van der Waals surface area contributed by atoms with Gasteiger partial charge in [-0.15, -0.1) is 0 Å². The van der Waals surface area contributed by atoms with Crippen LogP contribution < -0.4 is 0 Å². The van der Waals surface area contributed by atoms with Crippen molar-refractivity contribution in [3.8, 4) is 0 Å². The van der Waals surface area contributed by atoms with Gasteiger partial charge < -0.3 is 14.5 Å². The zero-order valence-electron chi connectivity index (χ0n) is 16.2. The molecule has 2 aromatic carbocycles. The van der Waals surface area contributed by atoms with Crippen LogP contribution >= 0.6 is 0 Å². The minimum atomic E-state index is 0.569. The second-order valence-corrected chi connectivity index (χ2v) is 8.11. The second-order valence-electron chi connectivity index (χ2n) is 8.11. The summed E-state index contributed by atoms with van der Waals surface area (Å²) in [4.78, 5) is 7.61. The van der Waals surface area contributed by atoms with Gasteiger partial charge in [-0.25, -0.2) is 0 Å². The van der Waals surface area contributed by atoms with Crippen LogP contribution in [-0.4, -0.2) is 60.8 Å². The van der Waals surface area contributed by atoms with Crippen LogP contribution in [0.2, 0.25) is 0 Å². The molecule has 0 radical (unpaired) electrons. The highest BCUT2D eigenvalue weighted by atomic mass is 16.5. The Kier molecular flexibility index (Phi) is 4.54. The van der Waals surface area contributed by atoms with Crippen LogP contribution in [0.4, 0.5) is 0 Å². The molecule has 0 spiro atoms. The van der Waals surface area contributed by atoms with E-state index in [1.54, 1.807) is 12.7 Å². The zero-order chi connectivity index (χ0) is 18.2. The summed E-state index contributed by atoms with van der Waals surface area (Å²) in [6, 6.07) is 14.9. The van der Waals surface area contributed by atoms with Gasteiger partial charge in [0.2, 0.25) is 0 Å². The fourth-order valence-electron chi connectivity index (χ4n) is 5.15. The first-order valence-corrected chi connectivity index (χ1v) is 10.2. The van der Waals surface area contributed by atoms with E-state index in [2.05, 4.69) is 63.5 Å². The lowest BCUT2D eigenvalue weighted by Crippen LogP contribution is -2.45. The largest absolute Gasteiger partial charge is 0.383 e. The fraction of sp³-hybridized carbons (Fsp3) is 0.478. The number of hydrogen-bond donors (Lipinski definition) is 0. The first kappa shape index (κ1) is 17.1. The molecule has 1 aliphatic carbocycles. The van der Waals surface area contributed by atoms with E-state index in [1.807, 2.05) is 0 Å². The van der Waals surface area contributed by atoms with E-state index in [4.69, 9.17) is 4.74 Å². The Labute approximate surface area is 162 Å². The first-order valence-electron chi connectivity index (χ1n) is 10.2. The lowest BCUT2D eigenvalue weighted by Gasteiger charge is -2.40. The third-order valence-electron chi connectivity index (χ3n) is 6.60. The van der Waals surface area contributed by atoms with Crippen LogP contribution in [0.15, 0.2) is 48.8 Å². The van der Waals surface area contributed by atoms with Gasteiger partial charge in [-0.3, -0.25) is 4.90 Å². The van der Waals surface area contributed by atoms with Crippen molar-refractivity contribution in [2.24, 2.45) is 0 Å². The molecule has 0 aromatic heterocycles. The molecule has 2 aromatic rings. The van der Waals surface area contributed by atoms with E-state index in [0.717, 1.165) is 19.8 Å². The Hall–Kier alpha value is -2.04. The Balaban J connectivity index is 1.23. The quantitative estimate of drug-likeness (QED) is 0.808. The van der Waals surface area contributed by atoms with Crippen molar-refractivity contribution >= 4 is 10.8 Å². The minimum Gasteiger partial charge on any atom is -0.383 e. The van der Waals surface area contributed by atoms with Crippen LogP contribution in [0.1, 0.15) is 30.0 Å². The maximum atomic E-state index is 5.21. The lowest BCUT2D eigenvalue weighted by molar-refractivity contribution is 0.0913. The average molecular weight is 364 g/mol. The van der Waals surface area contributed by atoms with Gasteiger partial charge in [-0.1, -0.05) is 36.4 Å². The van der Waals surface area contributed by atoms with Gasteiger partial charge in [0, 0.05) is 51.2 Å². The first-order chi connectivity index (χ1) is 13.3. The van der Waals surface area contributed by atoms with Crippen molar-refractivity contribution in [3.05, 3.63) is 59.9 Å². The molecular formula is C23H29N3O. The van der Waals surface area contributed by atoms with E-state index < -0.39 is 0 Å². The summed E-state index contributed by atoms with van der Waals surface area (Å²) in [6.45, 7) is 5.18. The molecule has 0 amide bonds. The molecule has 3 aliphatic rings. The average Bonchev–Trinajstić information content (AvgIpc) is 3.33. The van der Waals surface area contributed by atoms with Gasteiger partial charge in [0.15, 0.2) is 0 Å². The topological polar surface area (TPSA) is 19.0 Å². The summed E-state index contributed by atoms with van der Waals surface area (Å²) < 4.78 is 5.21. The van der Waals surface area contributed by atoms with Crippen molar-refractivity contribution in [1.29, 1.82) is 0 Å². The predicted octanol–water partition coefficient (Wildman–Crippen LogP) is 3.59. The molecule has 1 atom stereocenters. The molecule has 1 fully saturated rings. The van der Waals surface area contributed by atoms with E-state index >= 15 is 0 Å². The van der Waals surface area contributed by atoms with Crippen LogP contribution in [0.3, 0.4) is 0 Å². The van der Waals surface area contributed by atoms with Crippen molar-refractivity contribution in [2.45, 2.75) is 31.3 Å². The highest BCUT2D eigenvalue weighted by Gasteiger charge is 2.33. The number of methoxy groups -OCH3 is 1. The summed E-state index contributed by atoms with van der Waals surface area (Å²) in [6.07, 6.45) is 8.19. The molecule has 4 nitrogen and oxygen atoms in total. The molecule has 0 N–H and O–H groups in total. The number of rotatable bonds is 5. The van der Waals surface area contributed by atoms with Crippen molar-refractivity contribution in [3.63, 3.8) is 0 Å². The number of hydrogen-bond acceptors (Lipinski definition) is 4. The number of likely N-dealkylation sites (tertiary alicyclic amines) is 1. The summed E-state index contributed by atoms with van der Waals surface area (Å²) in [5.74, 6) is 0. The Morgan fingerprint density at radius 2 is 1.85 bits per heavy atom. The SMILES string of the molecule is COCCN1C=CN(C2CCN([C@@H]3Cc4cccc5cccc3c45)CC2)C1. The van der Waals surface area contributed by atoms with Crippen molar-refractivity contribution < 1.29 is 4.74 Å². The van der Waals surface area contributed by atoms with Gasteiger partial charge in [0.25, 0.3) is 0 Å². The van der Waals surface area contributed by atoms with Crippen LogP contribution in [0.5, 0.6) is 0 Å². The second kappa shape index (κ2) is 7.17. The summed E-state index contributed by atoms with van der Waals surface area (Å²) in [7, 11) is 1.77. The molecule has 2 aliphatic heterocycles. The molecule has 1 saturated heterocycles. The predicted molar refractivity (Wildman–Crippen MR) is 109 cm³/mol. The molecule has 27 heavy (non-hydrogen) atoms. The number of piperidine rings is 1. The number of benzene rings is 2. The van der Waals surface area contributed by atoms with Crippen LogP contribution in [0.25, 0.3) is 10.8 Å². The summed E-state index contributed by atoms with van der Waals surface area (Å²) in [5, 5.41) is 2.92. The van der Waals surface area contributed by atoms with Crippen LogP contribution in [0, 0.1) is 0 Å². The Morgan fingerprint density at radius 1 is 1.04 bits per heavy atom. The van der Waals surface area contributed by atoms with E-state index in [0.29, 0.717) is 12.1 Å². The molecule has 0 saturated carbocycles. The molecule has 4 heteroatoms. The molecule has 2 heterocycles. The van der Waals surface area contributed by atoms with E-state index in [-0.39, 0.29) is 0 Å². The molecule has 5 rings (SSSR count). The van der Waals surface area contributed by atoms with Crippen LogP contribution in [-0.2, 0) is 11.2 Å². The molecule has 0 bridgehead atoms. The van der Waals surface area contributed by atoms with E-state index in [1.165, 1.54) is 48.7 Å². The molecule has 0 unspecified atom stereocenters. The highest BCUT2D eigenvalue weighted by Crippen LogP contribution is 2.41. The van der Waals surface area contributed by atoms with Gasteiger partial charge in [-0.05, 0) is 41.2 Å². The van der Waals surface area contributed by atoms with Crippen molar-refractivity contribution in [1.82, 2.24) is 14.7 Å².